The summed E-state index contributed by atoms with van der Waals surface area (Å²) in [7, 11) is 1.73. The van der Waals surface area contributed by atoms with Gasteiger partial charge in [0.1, 0.15) is 5.82 Å². The first-order valence-corrected chi connectivity index (χ1v) is 6.42. The molecule has 19 heavy (non-hydrogen) atoms. The SMILES string of the molecule is Cc1nc(CN(C)C(=O)c2ccc(CCl)cc2)n[nH]1. The number of rotatable bonds is 4. The smallest absolute Gasteiger partial charge is 0.254 e. The molecule has 0 spiro atoms. The molecule has 0 atom stereocenters. The van der Waals surface area contributed by atoms with Crippen LogP contribution in [0.5, 0.6) is 0 Å². The highest BCUT2D eigenvalue weighted by Crippen LogP contribution is 2.10. The molecule has 0 bridgehead atoms. The van der Waals surface area contributed by atoms with Crippen molar-refractivity contribution in [3.8, 4) is 0 Å². The van der Waals surface area contributed by atoms with Gasteiger partial charge >= 0.3 is 0 Å². The summed E-state index contributed by atoms with van der Waals surface area (Å²) >= 11 is 5.72. The number of hydrogen-bond acceptors (Lipinski definition) is 3. The predicted octanol–water partition coefficient (Wildman–Crippen LogP) is 2.12. The Bertz CT molecular complexity index is 564. The maximum atomic E-state index is 12.2. The summed E-state index contributed by atoms with van der Waals surface area (Å²) in [5.74, 6) is 1.72. The molecule has 2 rings (SSSR count). The Morgan fingerprint density at radius 1 is 1.37 bits per heavy atom. The topological polar surface area (TPSA) is 61.9 Å². The zero-order valence-corrected chi connectivity index (χ0v) is 11.6. The molecule has 1 N–H and O–H groups in total. The number of carbonyl (C=O) groups excluding carboxylic acids is 1. The molecule has 0 radical (unpaired) electrons. The second-order valence-electron chi connectivity index (χ2n) is 4.33. The second kappa shape index (κ2) is 5.84. The minimum atomic E-state index is -0.0661. The fourth-order valence-corrected chi connectivity index (χ4v) is 1.88. The van der Waals surface area contributed by atoms with Crippen LogP contribution in [-0.4, -0.2) is 33.0 Å². The van der Waals surface area contributed by atoms with Gasteiger partial charge in [-0.15, -0.1) is 11.6 Å². The Kier molecular flexibility index (Phi) is 4.16. The van der Waals surface area contributed by atoms with Crippen molar-refractivity contribution in [1.29, 1.82) is 0 Å². The maximum Gasteiger partial charge on any atom is 0.254 e. The highest BCUT2D eigenvalue weighted by atomic mass is 35.5. The summed E-state index contributed by atoms with van der Waals surface area (Å²) in [4.78, 5) is 17.9. The maximum absolute atomic E-state index is 12.2. The predicted molar refractivity (Wildman–Crippen MR) is 72.9 cm³/mol. The van der Waals surface area contributed by atoms with Crippen molar-refractivity contribution < 1.29 is 4.79 Å². The first kappa shape index (κ1) is 13.5. The van der Waals surface area contributed by atoms with Gasteiger partial charge in [0.2, 0.25) is 0 Å². The molecule has 1 heterocycles. The Morgan fingerprint density at radius 3 is 2.58 bits per heavy atom. The van der Waals surface area contributed by atoms with E-state index in [4.69, 9.17) is 11.6 Å². The molecule has 0 fully saturated rings. The molecule has 5 nitrogen and oxygen atoms in total. The summed E-state index contributed by atoms with van der Waals surface area (Å²) in [6.07, 6.45) is 0. The molecule has 1 amide bonds. The Hall–Kier alpha value is -1.88. The van der Waals surface area contributed by atoms with Crippen LogP contribution < -0.4 is 0 Å². The van der Waals surface area contributed by atoms with Gasteiger partial charge in [-0.2, -0.15) is 5.10 Å². The first-order valence-electron chi connectivity index (χ1n) is 5.88. The van der Waals surface area contributed by atoms with Gasteiger partial charge < -0.3 is 4.90 Å². The molecule has 0 aliphatic heterocycles. The number of aromatic amines is 1. The summed E-state index contributed by atoms with van der Waals surface area (Å²) in [6.45, 7) is 2.20. The van der Waals surface area contributed by atoms with Gasteiger partial charge in [0.05, 0.1) is 6.54 Å². The van der Waals surface area contributed by atoms with Crippen molar-refractivity contribution in [2.24, 2.45) is 0 Å². The van der Waals surface area contributed by atoms with Crippen molar-refractivity contribution in [2.75, 3.05) is 7.05 Å². The molecule has 2 aromatic rings. The van der Waals surface area contributed by atoms with Gasteiger partial charge in [-0.1, -0.05) is 12.1 Å². The lowest BCUT2D eigenvalue weighted by Crippen LogP contribution is -2.26. The zero-order valence-electron chi connectivity index (χ0n) is 10.9. The summed E-state index contributed by atoms with van der Waals surface area (Å²) < 4.78 is 0. The van der Waals surface area contributed by atoms with Crippen LogP contribution in [0.3, 0.4) is 0 Å². The molecular weight excluding hydrogens is 264 g/mol. The van der Waals surface area contributed by atoms with Crippen molar-refractivity contribution >= 4 is 17.5 Å². The molecule has 0 saturated heterocycles. The van der Waals surface area contributed by atoms with Gasteiger partial charge in [-0.05, 0) is 24.6 Å². The van der Waals surface area contributed by atoms with Crippen LogP contribution in [0.25, 0.3) is 0 Å². The molecule has 6 heteroatoms. The molecule has 100 valence electrons. The number of halogens is 1. The highest BCUT2D eigenvalue weighted by molar-refractivity contribution is 6.17. The molecule has 0 aliphatic rings. The first-order chi connectivity index (χ1) is 9.10. The number of hydrogen-bond donors (Lipinski definition) is 1. The van der Waals surface area contributed by atoms with Gasteiger partial charge in [0.15, 0.2) is 5.82 Å². The van der Waals surface area contributed by atoms with Crippen LogP contribution >= 0.6 is 11.6 Å². The van der Waals surface area contributed by atoms with E-state index < -0.39 is 0 Å². The van der Waals surface area contributed by atoms with Crippen LogP contribution in [0.15, 0.2) is 24.3 Å². The fraction of sp³-hybridized carbons (Fsp3) is 0.308. The number of nitrogens with zero attached hydrogens (tertiary/aromatic N) is 3. The Morgan fingerprint density at radius 2 is 2.05 bits per heavy atom. The number of alkyl halides is 1. The van der Waals surface area contributed by atoms with Crippen LogP contribution in [0.4, 0.5) is 0 Å². The lowest BCUT2D eigenvalue weighted by Gasteiger charge is -2.15. The van der Waals surface area contributed by atoms with Gasteiger partial charge in [0.25, 0.3) is 5.91 Å². The van der Waals surface area contributed by atoms with E-state index in [1.165, 1.54) is 0 Å². The second-order valence-corrected chi connectivity index (χ2v) is 4.60. The lowest BCUT2D eigenvalue weighted by atomic mass is 10.1. The monoisotopic (exact) mass is 278 g/mol. The average molecular weight is 279 g/mol. The van der Waals surface area contributed by atoms with E-state index in [1.807, 2.05) is 19.1 Å². The van der Waals surface area contributed by atoms with Crippen LogP contribution in [0.2, 0.25) is 0 Å². The number of aromatic nitrogens is 3. The standard InChI is InChI=1S/C13H15ClN4O/c1-9-15-12(17-16-9)8-18(2)13(19)11-5-3-10(7-14)4-6-11/h3-6H,7-8H2,1-2H3,(H,15,16,17). The Labute approximate surface area is 116 Å². The van der Waals surface area contributed by atoms with Crippen molar-refractivity contribution in [3.63, 3.8) is 0 Å². The molecular formula is C13H15ClN4O. The van der Waals surface area contributed by atoms with E-state index in [0.29, 0.717) is 23.8 Å². The lowest BCUT2D eigenvalue weighted by molar-refractivity contribution is 0.0781. The molecule has 0 saturated carbocycles. The highest BCUT2D eigenvalue weighted by Gasteiger charge is 2.13. The van der Waals surface area contributed by atoms with E-state index in [0.717, 1.165) is 11.4 Å². The Balaban J connectivity index is 2.05. The number of carbonyl (C=O) groups is 1. The molecule has 0 aliphatic carbocycles. The van der Waals surface area contributed by atoms with Gasteiger partial charge in [0, 0.05) is 18.5 Å². The van der Waals surface area contributed by atoms with Crippen LogP contribution in [0, 0.1) is 6.92 Å². The van der Waals surface area contributed by atoms with Crippen molar-refractivity contribution in [2.45, 2.75) is 19.3 Å². The third-order valence-electron chi connectivity index (χ3n) is 2.72. The van der Waals surface area contributed by atoms with Gasteiger partial charge in [-0.3, -0.25) is 9.89 Å². The number of aryl methyl sites for hydroxylation is 1. The minimum Gasteiger partial charge on any atom is -0.334 e. The third kappa shape index (κ3) is 3.32. The summed E-state index contributed by atoms with van der Waals surface area (Å²) in [5.41, 5.74) is 1.62. The molecule has 1 aromatic heterocycles. The quantitative estimate of drug-likeness (QED) is 0.872. The zero-order chi connectivity index (χ0) is 13.8. The molecule has 1 aromatic carbocycles. The van der Waals surface area contributed by atoms with E-state index in [-0.39, 0.29) is 5.91 Å². The number of amides is 1. The summed E-state index contributed by atoms with van der Waals surface area (Å²) in [5, 5.41) is 6.77. The van der Waals surface area contributed by atoms with Crippen molar-refractivity contribution in [3.05, 3.63) is 47.0 Å². The number of benzene rings is 1. The summed E-state index contributed by atoms with van der Waals surface area (Å²) in [6, 6.07) is 7.26. The van der Waals surface area contributed by atoms with E-state index >= 15 is 0 Å². The van der Waals surface area contributed by atoms with Crippen LogP contribution in [0.1, 0.15) is 27.6 Å². The largest absolute Gasteiger partial charge is 0.334 e. The van der Waals surface area contributed by atoms with Crippen molar-refractivity contribution in [1.82, 2.24) is 20.1 Å². The van der Waals surface area contributed by atoms with Gasteiger partial charge in [-0.25, -0.2) is 4.98 Å². The number of H-pyrrole nitrogens is 1. The molecule has 0 unspecified atom stereocenters. The fourth-order valence-electron chi connectivity index (χ4n) is 1.70. The van der Waals surface area contributed by atoms with E-state index in [1.54, 1.807) is 24.1 Å². The van der Waals surface area contributed by atoms with Crippen LogP contribution in [-0.2, 0) is 12.4 Å². The third-order valence-corrected chi connectivity index (χ3v) is 3.03. The minimum absolute atomic E-state index is 0.0661. The normalized spacial score (nSPS) is 10.5. The van der Waals surface area contributed by atoms with E-state index in [9.17, 15) is 4.79 Å². The van der Waals surface area contributed by atoms with E-state index in [2.05, 4.69) is 15.2 Å². The average Bonchev–Trinajstić information content (AvgIpc) is 2.83. The number of nitrogens with one attached hydrogen (secondary N) is 1.